The third kappa shape index (κ3) is 2.76. The Morgan fingerprint density at radius 2 is 2.29 bits per heavy atom. The first kappa shape index (κ1) is 12.3. The zero-order valence-corrected chi connectivity index (χ0v) is 11.1. The molecule has 1 aliphatic heterocycles. The first-order valence-corrected chi connectivity index (χ1v) is 6.26. The molecule has 1 aliphatic rings. The normalized spacial score (nSPS) is 20.4. The third-order valence-corrected chi connectivity index (χ3v) is 3.22. The summed E-state index contributed by atoms with van der Waals surface area (Å²) in [4.78, 5) is 2.76. The number of ether oxygens (including phenoxy) is 1. The fraction of sp³-hybridized carbons (Fsp3) is 0.462. The van der Waals surface area contributed by atoms with E-state index in [1.165, 1.54) is 5.56 Å². The number of hydrogen-bond acceptors (Lipinski definition) is 3. The minimum atomic E-state index is 0.253. The number of benzene rings is 1. The van der Waals surface area contributed by atoms with Gasteiger partial charge in [0.05, 0.1) is 12.7 Å². The predicted octanol–water partition coefficient (Wildman–Crippen LogP) is 1.85. The summed E-state index contributed by atoms with van der Waals surface area (Å²) < 4.78 is 5.55. The van der Waals surface area contributed by atoms with Crippen molar-refractivity contribution in [2.24, 2.45) is 5.73 Å². The van der Waals surface area contributed by atoms with Crippen molar-refractivity contribution < 1.29 is 4.74 Å². The summed E-state index contributed by atoms with van der Waals surface area (Å²) in [6, 6.07) is 6.20. The molecule has 2 N–H and O–H groups in total. The van der Waals surface area contributed by atoms with Crippen LogP contribution in [0.3, 0.4) is 0 Å². The van der Waals surface area contributed by atoms with Crippen LogP contribution in [-0.2, 0) is 4.74 Å². The van der Waals surface area contributed by atoms with Crippen LogP contribution < -0.4 is 10.6 Å². The molecule has 0 spiro atoms. The largest absolute Gasteiger partial charge is 0.389 e. The average molecular weight is 250 g/mol. The Bertz CT molecular complexity index is 433. The highest BCUT2D eigenvalue weighted by molar-refractivity contribution is 7.80. The topological polar surface area (TPSA) is 38.5 Å². The molecule has 1 saturated heterocycles. The second kappa shape index (κ2) is 5.02. The molecule has 17 heavy (non-hydrogen) atoms. The molecule has 2 rings (SSSR count). The lowest BCUT2D eigenvalue weighted by molar-refractivity contribution is 0.0532. The van der Waals surface area contributed by atoms with E-state index in [1.807, 2.05) is 12.1 Å². The van der Waals surface area contributed by atoms with Gasteiger partial charge in [-0.2, -0.15) is 0 Å². The Labute approximate surface area is 108 Å². The van der Waals surface area contributed by atoms with E-state index < -0.39 is 0 Å². The number of morpholine rings is 1. The van der Waals surface area contributed by atoms with Gasteiger partial charge in [-0.1, -0.05) is 18.3 Å². The van der Waals surface area contributed by atoms with E-state index in [9.17, 15) is 0 Å². The smallest absolute Gasteiger partial charge is 0.106 e. The maximum atomic E-state index is 5.78. The summed E-state index contributed by atoms with van der Waals surface area (Å²) in [6.45, 7) is 6.70. The summed E-state index contributed by atoms with van der Waals surface area (Å²) in [5.41, 5.74) is 9.09. The molecule has 0 aliphatic carbocycles. The molecule has 1 fully saturated rings. The standard InChI is InChI=1S/C13H18N2OS/c1-9-3-4-11(13(14)17)12(7-9)15-5-6-16-10(2)8-15/h3-4,7,10H,5-6,8H2,1-2H3,(H2,14,17). The Morgan fingerprint density at radius 1 is 1.53 bits per heavy atom. The number of rotatable bonds is 2. The van der Waals surface area contributed by atoms with Crippen molar-refractivity contribution in [2.75, 3.05) is 24.6 Å². The second-order valence-corrected chi connectivity index (χ2v) is 4.95. The van der Waals surface area contributed by atoms with E-state index in [0.717, 1.165) is 30.9 Å². The van der Waals surface area contributed by atoms with Crippen molar-refractivity contribution >= 4 is 22.9 Å². The van der Waals surface area contributed by atoms with Gasteiger partial charge < -0.3 is 15.4 Å². The lowest BCUT2D eigenvalue weighted by Crippen LogP contribution is -2.42. The number of nitrogens with two attached hydrogens (primary N) is 1. The first-order chi connectivity index (χ1) is 8.08. The molecule has 1 atom stereocenters. The van der Waals surface area contributed by atoms with Crippen LogP contribution in [0, 0.1) is 6.92 Å². The zero-order valence-electron chi connectivity index (χ0n) is 10.3. The zero-order chi connectivity index (χ0) is 12.4. The molecule has 1 aromatic rings. The van der Waals surface area contributed by atoms with Gasteiger partial charge in [-0.3, -0.25) is 0 Å². The Balaban J connectivity index is 2.35. The Hall–Kier alpha value is -1.13. The molecule has 0 amide bonds. The van der Waals surface area contributed by atoms with E-state index in [0.29, 0.717) is 4.99 Å². The van der Waals surface area contributed by atoms with Crippen molar-refractivity contribution in [3.8, 4) is 0 Å². The summed E-state index contributed by atoms with van der Waals surface area (Å²) in [7, 11) is 0. The minimum Gasteiger partial charge on any atom is -0.389 e. The molecule has 0 aromatic heterocycles. The molecule has 1 aromatic carbocycles. The molecular weight excluding hydrogens is 232 g/mol. The SMILES string of the molecule is Cc1ccc(C(N)=S)c(N2CCOC(C)C2)c1. The van der Waals surface area contributed by atoms with E-state index in [-0.39, 0.29) is 6.10 Å². The molecule has 3 nitrogen and oxygen atoms in total. The highest BCUT2D eigenvalue weighted by atomic mass is 32.1. The van der Waals surface area contributed by atoms with Crippen molar-refractivity contribution in [3.63, 3.8) is 0 Å². The van der Waals surface area contributed by atoms with Crippen LogP contribution in [0.1, 0.15) is 18.1 Å². The summed E-state index contributed by atoms with van der Waals surface area (Å²) in [5, 5.41) is 0. The van der Waals surface area contributed by atoms with Crippen LogP contribution >= 0.6 is 12.2 Å². The van der Waals surface area contributed by atoms with E-state index >= 15 is 0 Å². The Kier molecular flexibility index (Phi) is 3.64. The number of thiocarbonyl (C=S) groups is 1. The maximum absolute atomic E-state index is 5.78. The summed E-state index contributed by atoms with van der Waals surface area (Å²) in [6.07, 6.45) is 0.253. The van der Waals surface area contributed by atoms with Gasteiger partial charge >= 0.3 is 0 Å². The number of hydrogen-bond donors (Lipinski definition) is 1. The maximum Gasteiger partial charge on any atom is 0.106 e. The van der Waals surface area contributed by atoms with E-state index in [1.54, 1.807) is 0 Å². The fourth-order valence-corrected chi connectivity index (χ4v) is 2.32. The van der Waals surface area contributed by atoms with Gasteiger partial charge in [-0.15, -0.1) is 0 Å². The van der Waals surface area contributed by atoms with Crippen molar-refractivity contribution in [3.05, 3.63) is 29.3 Å². The van der Waals surface area contributed by atoms with E-state index in [2.05, 4.69) is 24.8 Å². The molecule has 0 radical (unpaired) electrons. The monoisotopic (exact) mass is 250 g/mol. The highest BCUT2D eigenvalue weighted by Crippen LogP contribution is 2.24. The quantitative estimate of drug-likeness (QED) is 0.813. The molecular formula is C13H18N2OS. The number of aryl methyl sites for hydroxylation is 1. The van der Waals surface area contributed by atoms with Crippen molar-refractivity contribution in [1.29, 1.82) is 0 Å². The molecule has 1 unspecified atom stereocenters. The van der Waals surface area contributed by atoms with E-state index in [4.69, 9.17) is 22.7 Å². The highest BCUT2D eigenvalue weighted by Gasteiger charge is 2.20. The Morgan fingerprint density at radius 3 is 2.94 bits per heavy atom. The van der Waals surface area contributed by atoms with Gasteiger partial charge in [0.15, 0.2) is 0 Å². The van der Waals surface area contributed by atoms with Gasteiger partial charge in [-0.05, 0) is 31.5 Å². The van der Waals surface area contributed by atoms with Crippen LogP contribution in [-0.4, -0.2) is 30.8 Å². The molecule has 0 bridgehead atoms. The van der Waals surface area contributed by atoms with Crippen LogP contribution in [0.25, 0.3) is 0 Å². The number of anilines is 1. The molecule has 92 valence electrons. The minimum absolute atomic E-state index is 0.253. The third-order valence-electron chi connectivity index (χ3n) is 3.00. The van der Waals surface area contributed by atoms with Gasteiger partial charge in [0.1, 0.15) is 4.99 Å². The number of nitrogens with zero attached hydrogens (tertiary/aromatic N) is 1. The van der Waals surface area contributed by atoms with Gasteiger partial charge in [0, 0.05) is 24.3 Å². The molecule has 4 heteroatoms. The first-order valence-electron chi connectivity index (χ1n) is 5.85. The summed E-state index contributed by atoms with van der Waals surface area (Å²) in [5.74, 6) is 0. The fourth-order valence-electron chi connectivity index (χ4n) is 2.15. The van der Waals surface area contributed by atoms with Crippen LogP contribution in [0.4, 0.5) is 5.69 Å². The van der Waals surface area contributed by atoms with Crippen LogP contribution in [0.15, 0.2) is 18.2 Å². The van der Waals surface area contributed by atoms with Crippen LogP contribution in [0.2, 0.25) is 0 Å². The van der Waals surface area contributed by atoms with Gasteiger partial charge in [-0.25, -0.2) is 0 Å². The lowest BCUT2D eigenvalue weighted by atomic mass is 10.1. The van der Waals surface area contributed by atoms with Crippen molar-refractivity contribution in [1.82, 2.24) is 0 Å². The van der Waals surface area contributed by atoms with Crippen molar-refractivity contribution in [2.45, 2.75) is 20.0 Å². The van der Waals surface area contributed by atoms with Gasteiger partial charge in [0.2, 0.25) is 0 Å². The molecule has 0 saturated carbocycles. The molecule has 1 heterocycles. The second-order valence-electron chi connectivity index (χ2n) is 4.51. The summed E-state index contributed by atoms with van der Waals surface area (Å²) >= 11 is 5.11. The predicted molar refractivity (Wildman–Crippen MR) is 74.7 cm³/mol. The average Bonchev–Trinajstić information content (AvgIpc) is 2.28. The van der Waals surface area contributed by atoms with Crippen LogP contribution in [0.5, 0.6) is 0 Å². The lowest BCUT2D eigenvalue weighted by Gasteiger charge is -2.34. The van der Waals surface area contributed by atoms with Gasteiger partial charge in [0.25, 0.3) is 0 Å².